The summed E-state index contributed by atoms with van der Waals surface area (Å²) in [5, 5.41) is 4.23. The van der Waals surface area contributed by atoms with Gasteiger partial charge in [-0.15, -0.1) is 22.9 Å². The van der Waals surface area contributed by atoms with Crippen molar-refractivity contribution in [2.75, 3.05) is 0 Å². The van der Waals surface area contributed by atoms with Gasteiger partial charge in [0.2, 0.25) is 0 Å². The summed E-state index contributed by atoms with van der Waals surface area (Å²) in [5.41, 5.74) is 2.42. The van der Waals surface area contributed by atoms with Crippen LogP contribution >= 0.6 is 34.5 Å². The molecule has 0 saturated carbocycles. The van der Waals surface area contributed by atoms with E-state index in [0.717, 1.165) is 17.0 Å². The minimum absolute atomic E-state index is 0.486. The largest absolute Gasteiger partial charge is 0.144 e. The summed E-state index contributed by atoms with van der Waals surface area (Å²) in [6.45, 7) is 2.15. The lowest BCUT2D eigenvalue weighted by atomic mass is 10.1. The molecule has 3 heteroatoms. The Labute approximate surface area is 97.5 Å². The molecule has 74 valence electrons. The average Bonchev–Trinajstić information content (AvgIpc) is 2.61. The van der Waals surface area contributed by atoms with Crippen molar-refractivity contribution < 1.29 is 0 Å². The number of alkyl halides is 1. The highest BCUT2D eigenvalue weighted by Gasteiger charge is 2.10. The molecule has 2 rings (SSSR count). The highest BCUT2D eigenvalue weighted by atomic mass is 35.5. The SMILES string of the molecule is CCc1csc2ccc(Cl)c(CCl)c12. The Morgan fingerprint density at radius 1 is 1.36 bits per heavy atom. The van der Waals surface area contributed by atoms with Crippen LogP contribution in [0.4, 0.5) is 0 Å². The molecule has 0 aliphatic rings. The summed E-state index contributed by atoms with van der Waals surface area (Å²) in [6.07, 6.45) is 1.03. The molecule has 0 aliphatic heterocycles. The zero-order chi connectivity index (χ0) is 10.1. The van der Waals surface area contributed by atoms with Gasteiger partial charge in [0.1, 0.15) is 0 Å². The Morgan fingerprint density at radius 3 is 2.79 bits per heavy atom. The van der Waals surface area contributed by atoms with E-state index in [1.165, 1.54) is 15.6 Å². The molecule has 2 aromatic rings. The first-order valence-corrected chi connectivity index (χ1v) is 6.30. The van der Waals surface area contributed by atoms with Crippen LogP contribution in [0.3, 0.4) is 0 Å². The second-order valence-electron chi connectivity index (χ2n) is 3.15. The van der Waals surface area contributed by atoms with Crippen LogP contribution in [-0.2, 0) is 12.3 Å². The molecule has 0 N–H and O–H groups in total. The van der Waals surface area contributed by atoms with E-state index in [0.29, 0.717) is 5.88 Å². The zero-order valence-corrected chi connectivity index (χ0v) is 10.1. The number of fused-ring (bicyclic) bond motifs is 1. The number of halogens is 2. The molecule has 0 nitrogen and oxygen atoms in total. The summed E-state index contributed by atoms with van der Waals surface area (Å²) in [5.74, 6) is 0.486. The van der Waals surface area contributed by atoms with Crippen LogP contribution in [0.5, 0.6) is 0 Å². The molecule has 0 amide bonds. The minimum atomic E-state index is 0.486. The van der Waals surface area contributed by atoms with Crippen molar-refractivity contribution in [3.8, 4) is 0 Å². The van der Waals surface area contributed by atoms with Gasteiger partial charge in [-0.2, -0.15) is 0 Å². The van der Waals surface area contributed by atoms with Gasteiger partial charge in [-0.05, 0) is 35.1 Å². The molecule has 0 saturated heterocycles. The highest BCUT2D eigenvalue weighted by molar-refractivity contribution is 7.17. The van der Waals surface area contributed by atoms with Crippen molar-refractivity contribution in [2.24, 2.45) is 0 Å². The molecule has 0 atom stereocenters. The number of benzene rings is 1. The maximum Gasteiger partial charge on any atom is 0.0495 e. The van der Waals surface area contributed by atoms with Crippen molar-refractivity contribution in [1.82, 2.24) is 0 Å². The van der Waals surface area contributed by atoms with Gasteiger partial charge < -0.3 is 0 Å². The van der Waals surface area contributed by atoms with Gasteiger partial charge in [0.25, 0.3) is 0 Å². The minimum Gasteiger partial charge on any atom is -0.144 e. The molecular formula is C11H10Cl2S. The third kappa shape index (κ3) is 1.54. The van der Waals surface area contributed by atoms with Crippen LogP contribution in [0.25, 0.3) is 10.1 Å². The molecular weight excluding hydrogens is 235 g/mol. The molecule has 14 heavy (non-hydrogen) atoms. The summed E-state index contributed by atoms with van der Waals surface area (Å²) in [4.78, 5) is 0. The second kappa shape index (κ2) is 4.09. The van der Waals surface area contributed by atoms with Gasteiger partial charge in [-0.25, -0.2) is 0 Å². The maximum atomic E-state index is 6.11. The van der Waals surface area contributed by atoms with E-state index in [4.69, 9.17) is 23.2 Å². The highest BCUT2D eigenvalue weighted by Crippen LogP contribution is 2.34. The van der Waals surface area contributed by atoms with Gasteiger partial charge in [-0.3, -0.25) is 0 Å². The van der Waals surface area contributed by atoms with Crippen molar-refractivity contribution in [1.29, 1.82) is 0 Å². The fourth-order valence-electron chi connectivity index (χ4n) is 1.64. The lowest BCUT2D eigenvalue weighted by Gasteiger charge is -2.04. The first kappa shape index (κ1) is 10.3. The second-order valence-corrected chi connectivity index (χ2v) is 4.73. The number of hydrogen-bond acceptors (Lipinski definition) is 1. The van der Waals surface area contributed by atoms with Crippen molar-refractivity contribution >= 4 is 44.6 Å². The normalized spacial score (nSPS) is 11.1. The number of hydrogen-bond donors (Lipinski definition) is 0. The molecule has 0 bridgehead atoms. The van der Waals surface area contributed by atoms with Crippen molar-refractivity contribution in [3.05, 3.63) is 33.7 Å². The lowest BCUT2D eigenvalue weighted by molar-refractivity contribution is 1.17. The van der Waals surface area contributed by atoms with Crippen molar-refractivity contribution in [3.63, 3.8) is 0 Å². The molecule has 0 fully saturated rings. The van der Waals surface area contributed by atoms with Gasteiger partial charge >= 0.3 is 0 Å². The Hall–Kier alpha value is -0.240. The average molecular weight is 245 g/mol. The van der Waals surface area contributed by atoms with Gasteiger partial charge in [0.05, 0.1) is 0 Å². The van der Waals surface area contributed by atoms with Crippen LogP contribution in [0, 0.1) is 0 Å². The van der Waals surface area contributed by atoms with Crippen LogP contribution in [-0.4, -0.2) is 0 Å². The molecule has 0 aliphatic carbocycles. The van der Waals surface area contributed by atoms with Gasteiger partial charge in [-0.1, -0.05) is 18.5 Å². The van der Waals surface area contributed by atoms with Gasteiger partial charge in [0.15, 0.2) is 0 Å². The Morgan fingerprint density at radius 2 is 2.14 bits per heavy atom. The fourth-order valence-corrected chi connectivity index (χ4v) is 3.28. The molecule has 1 aromatic heterocycles. The molecule has 0 unspecified atom stereocenters. The predicted octanol–water partition coefficient (Wildman–Crippen LogP) is 4.86. The van der Waals surface area contributed by atoms with E-state index in [9.17, 15) is 0 Å². The van der Waals surface area contributed by atoms with Crippen LogP contribution in [0.15, 0.2) is 17.5 Å². The lowest BCUT2D eigenvalue weighted by Crippen LogP contribution is -1.85. The molecule has 0 spiro atoms. The Kier molecular flexibility index (Phi) is 3.01. The first-order valence-electron chi connectivity index (χ1n) is 4.51. The monoisotopic (exact) mass is 244 g/mol. The summed E-state index contributed by atoms with van der Waals surface area (Å²) < 4.78 is 1.28. The summed E-state index contributed by atoms with van der Waals surface area (Å²) >= 11 is 13.8. The topological polar surface area (TPSA) is 0 Å². The smallest absolute Gasteiger partial charge is 0.0495 e. The van der Waals surface area contributed by atoms with E-state index in [1.807, 2.05) is 6.07 Å². The number of thiophene rings is 1. The van der Waals surface area contributed by atoms with Crippen LogP contribution in [0.2, 0.25) is 5.02 Å². The van der Waals surface area contributed by atoms with E-state index in [-0.39, 0.29) is 0 Å². The third-order valence-electron chi connectivity index (χ3n) is 2.38. The first-order chi connectivity index (χ1) is 6.77. The third-order valence-corrected chi connectivity index (χ3v) is 4.00. The summed E-state index contributed by atoms with van der Waals surface area (Å²) in [6, 6.07) is 4.00. The number of aryl methyl sites for hydroxylation is 1. The molecule has 1 aromatic carbocycles. The quantitative estimate of drug-likeness (QED) is 0.663. The Bertz CT molecular complexity index is 460. The van der Waals surface area contributed by atoms with E-state index < -0.39 is 0 Å². The Balaban J connectivity index is 2.81. The predicted molar refractivity (Wildman–Crippen MR) is 65.8 cm³/mol. The van der Waals surface area contributed by atoms with Gasteiger partial charge in [0, 0.05) is 21.0 Å². The van der Waals surface area contributed by atoms with E-state index in [1.54, 1.807) is 11.3 Å². The molecule has 0 radical (unpaired) electrons. The fraction of sp³-hybridized carbons (Fsp3) is 0.273. The maximum absolute atomic E-state index is 6.11. The summed E-state index contributed by atoms with van der Waals surface area (Å²) in [7, 11) is 0. The van der Waals surface area contributed by atoms with E-state index in [2.05, 4.69) is 18.4 Å². The van der Waals surface area contributed by atoms with Crippen LogP contribution < -0.4 is 0 Å². The zero-order valence-electron chi connectivity index (χ0n) is 7.81. The standard InChI is InChI=1S/C11H10Cl2S/c1-2-7-6-14-10-4-3-9(13)8(5-12)11(7)10/h3-4,6H,2,5H2,1H3. The van der Waals surface area contributed by atoms with Crippen molar-refractivity contribution in [2.45, 2.75) is 19.2 Å². The number of rotatable bonds is 2. The van der Waals surface area contributed by atoms with Crippen LogP contribution in [0.1, 0.15) is 18.1 Å². The van der Waals surface area contributed by atoms with E-state index >= 15 is 0 Å². The molecule has 1 heterocycles.